The number of hydrogen-bond acceptors (Lipinski definition) is 4. The Morgan fingerprint density at radius 3 is 1.70 bits per heavy atom. The standard InChI is InChI=1S/C26H56NO4PS/c1-7-8-9-10-11-12-13-14-15-16-17-18-19-20-23-33-25-26(2,3)24-31-32(28,29)30-22-21-27(4,5)6/h7-25H2,1-6H3/p+1. The van der Waals surface area contributed by atoms with Gasteiger partial charge < -0.3 is 9.38 Å². The van der Waals surface area contributed by atoms with Crippen molar-refractivity contribution in [3.63, 3.8) is 0 Å². The summed E-state index contributed by atoms with van der Waals surface area (Å²) in [6, 6.07) is 0. The Hall–Kier alpha value is 0.420. The lowest BCUT2D eigenvalue weighted by molar-refractivity contribution is -0.870. The van der Waals surface area contributed by atoms with Gasteiger partial charge in [0.05, 0.1) is 27.7 Å². The second-order valence-electron chi connectivity index (χ2n) is 11.4. The van der Waals surface area contributed by atoms with Gasteiger partial charge in [0.15, 0.2) is 0 Å². The summed E-state index contributed by atoms with van der Waals surface area (Å²) >= 11 is 1.92. The van der Waals surface area contributed by atoms with Gasteiger partial charge in [0.25, 0.3) is 0 Å². The summed E-state index contributed by atoms with van der Waals surface area (Å²) in [7, 11) is 2.09. The molecule has 1 N–H and O–H groups in total. The van der Waals surface area contributed by atoms with E-state index in [1.165, 1.54) is 89.9 Å². The average molecular weight is 511 g/mol. The maximum atomic E-state index is 12.1. The van der Waals surface area contributed by atoms with Crippen LogP contribution in [-0.4, -0.2) is 61.8 Å². The van der Waals surface area contributed by atoms with Crippen LogP contribution in [0.3, 0.4) is 0 Å². The van der Waals surface area contributed by atoms with Gasteiger partial charge in [-0.3, -0.25) is 9.05 Å². The van der Waals surface area contributed by atoms with Crippen LogP contribution in [0.25, 0.3) is 0 Å². The maximum absolute atomic E-state index is 12.1. The van der Waals surface area contributed by atoms with Crippen molar-refractivity contribution in [3.05, 3.63) is 0 Å². The number of phosphoric acid groups is 1. The van der Waals surface area contributed by atoms with E-state index < -0.39 is 7.82 Å². The SMILES string of the molecule is CCCCCCCCCCCCCCCCSCC(C)(C)COP(=O)(O)OCC[N+](C)(C)C. The number of rotatable bonds is 24. The Kier molecular flexibility index (Phi) is 19.8. The average Bonchev–Trinajstić information content (AvgIpc) is 2.71. The van der Waals surface area contributed by atoms with E-state index in [0.717, 1.165) is 11.5 Å². The molecular formula is C26H57NO4PS+. The van der Waals surface area contributed by atoms with Gasteiger partial charge in [0.2, 0.25) is 0 Å². The molecule has 0 fully saturated rings. The van der Waals surface area contributed by atoms with E-state index >= 15 is 0 Å². The van der Waals surface area contributed by atoms with Crippen LogP contribution in [0.2, 0.25) is 0 Å². The van der Waals surface area contributed by atoms with E-state index in [-0.39, 0.29) is 18.6 Å². The number of nitrogens with zero attached hydrogens (tertiary/aromatic N) is 1. The molecule has 0 bridgehead atoms. The first-order valence-corrected chi connectivity index (χ1v) is 16.1. The van der Waals surface area contributed by atoms with E-state index in [9.17, 15) is 9.46 Å². The predicted octanol–water partition coefficient (Wildman–Crippen LogP) is 8.07. The zero-order valence-electron chi connectivity index (χ0n) is 22.9. The third-order valence-corrected chi connectivity index (χ3v) is 8.30. The number of thioether (sulfide) groups is 1. The molecule has 0 radical (unpaired) electrons. The summed E-state index contributed by atoms with van der Waals surface area (Å²) in [5.41, 5.74) is -0.150. The fourth-order valence-electron chi connectivity index (χ4n) is 3.51. The normalized spacial score (nSPS) is 14.5. The fraction of sp³-hybridized carbons (Fsp3) is 1.00. The molecule has 1 unspecified atom stereocenters. The van der Waals surface area contributed by atoms with Crippen LogP contribution in [0.4, 0.5) is 0 Å². The molecule has 33 heavy (non-hydrogen) atoms. The molecule has 0 aliphatic carbocycles. The number of quaternary nitrogens is 1. The van der Waals surface area contributed by atoms with Gasteiger partial charge in [-0.2, -0.15) is 11.8 Å². The number of unbranched alkanes of at least 4 members (excludes halogenated alkanes) is 13. The Bertz CT molecular complexity index is 497. The van der Waals surface area contributed by atoms with Crippen molar-refractivity contribution in [2.24, 2.45) is 5.41 Å². The zero-order valence-corrected chi connectivity index (χ0v) is 24.6. The van der Waals surface area contributed by atoms with Gasteiger partial charge in [-0.1, -0.05) is 104 Å². The second kappa shape index (κ2) is 19.6. The quantitative estimate of drug-likeness (QED) is 0.0808. The third kappa shape index (κ3) is 25.3. The highest BCUT2D eigenvalue weighted by Gasteiger charge is 2.27. The molecule has 0 aromatic rings. The van der Waals surface area contributed by atoms with Crippen LogP contribution in [0, 0.1) is 5.41 Å². The van der Waals surface area contributed by atoms with Crippen molar-refractivity contribution < 1.29 is 23.0 Å². The molecule has 0 rings (SSSR count). The van der Waals surface area contributed by atoms with Crippen molar-refractivity contribution >= 4 is 19.6 Å². The smallest absolute Gasteiger partial charge is 0.329 e. The highest BCUT2D eigenvalue weighted by molar-refractivity contribution is 7.99. The molecule has 200 valence electrons. The minimum atomic E-state index is -3.97. The van der Waals surface area contributed by atoms with Crippen LogP contribution in [0.5, 0.6) is 0 Å². The molecule has 7 heteroatoms. The maximum Gasteiger partial charge on any atom is 0.472 e. The van der Waals surface area contributed by atoms with Gasteiger partial charge in [-0.25, -0.2) is 4.57 Å². The molecule has 5 nitrogen and oxygen atoms in total. The number of likely N-dealkylation sites (N-methyl/N-ethyl adjacent to an activating group) is 1. The van der Waals surface area contributed by atoms with Gasteiger partial charge in [-0.05, 0) is 17.6 Å². The molecule has 0 aromatic heterocycles. The summed E-state index contributed by atoms with van der Waals surface area (Å²) in [4.78, 5) is 9.88. The summed E-state index contributed by atoms with van der Waals surface area (Å²) in [5.74, 6) is 2.07. The first-order valence-electron chi connectivity index (χ1n) is 13.5. The van der Waals surface area contributed by atoms with Crippen molar-refractivity contribution in [1.29, 1.82) is 0 Å². The molecule has 0 amide bonds. The molecule has 0 spiro atoms. The monoisotopic (exact) mass is 510 g/mol. The lowest BCUT2D eigenvalue weighted by atomic mass is 9.98. The molecule has 0 saturated carbocycles. The molecule has 0 aliphatic rings. The van der Waals surface area contributed by atoms with E-state index in [1.807, 2.05) is 32.9 Å². The number of phosphoric ester groups is 1. The zero-order chi connectivity index (χ0) is 25.1. The molecule has 1 atom stereocenters. The lowest BCUT2D eigenvalue weighted by Crippen LogP contribution is -2.37. The molecule has 0 saturated heterocycles. The first kappa shape index (κ1) is 33.4. The Balaban J connectivity index is 3.56. The summed E-state index contributed by atoms with van der Waals surface area (Å²) < 4.78 is 23.1. The van der Waals surface area contributed by atoms with E-state index in [4.69, 9.17) is 9.05 Å². The summed E-state index contributed by atoms with van der Waals surface area (Å²) in [6.45, 7) is 7.55. The summed E-state index contributed by atoms with van der Waals surface area (Å²) in [6.07, 6.45) is 19.4. The Morgan fingerprint density at radius 2 is 1.24 bits per heavy atom. The van der Waals surface area contributed by atoms with Crippen LogP contribution < -0.4 is 0 Å². The minimum absolute atomic E-state index is 0.150. The second-order valence-corrected chi connectivity index (χ2v) is 14.0. The lowest BCUT2D eigenvalue weighted by Gasteiger charge is -2.26. The van der Waals surface area contributed by atoms with Crippen LogP contribution in [0.1, 0.15) is 111 Å². The van der Waals surface area contributed by atoms with Crippen molar-refractivity contribution in [3.8, 4) is 0 Å². The third-order valence-electron chi connectivity index (χ3n) is 5.77. The predicted molar refractivity (Wildman–Crippen MR) is 146 cm³/mol. The van der Waals surface area contributed by atoms with Crippen LogP contribution >= 0.6 is 19.6 Å². The molecule has 0 aliphatic heterocycles. The van der Waals surface area contributed by atoms with Gasteiger partial charge in [0.1, 0.15) is 13.2 Å². The molecule has 0 aromatic carbocycles. The first-order chi connectivity index (χ1) is 15.5. The van der Waals surface area contributed by atoms with Crippen LogP contribution in [0.15, 0.2) is 0 Å². The van der Waals surface area contributed by atoms with Crippen LogP contribution in [-0.2, 0) is 13.6 Å². The molecule has 0 heterocycles. The number of hydrogen-bond donors (Lipinski definition) is 1. The largest absolute Gasteiger partial charge is 0.472 e. The van der Waals surface area contributed by atoms with Crippen molar-refractivity contribution in [1.82, 2.24) is 0 Å². The Morgan fingerprint density at radius 1 is 0.788 bits per heavy atom. The van der Waals surface area contributed by atoms with E-state index in [2.05, 4.69) is 20.8 Å². The van der Waals surface area contributed by atoms with Crippen molar-refractivity contribution in [2.45, 2.75) is 111 Å². The van der Waals surface area contributed by atoms with Crippen molar-refractivity contribution in [2.75, 3.05) is 52.4 Å². The minimum Gasteiger partial charge on any atom is -0.329 e. The van der Waals surface area contributed by atoms with Gasteiger partial charge >= 0.3 is 7.82 Å². The molecular weight excluding hydrogens is 453 g/mol. The van der Waals surface area contributed by atoms with Gasteiger partial charge in [-0.15, -0.1) is 0 Å². The fourth-order valence-corrected chi connectivity index (χ4v) is 5.60. The topological polar surface area (TPSA) is 55.8 Å². The Labute approximate surface area is 211 Å². The van der Waals surface area contributed by atoms with E-state index in [0.29, 0.717) is 11.0 Å². The highest BCUT2D eigenvalue weighted by Crippen LogP contribution is 2.44. The summed E-state index contributed by atoms with van der Waals surface area (Å²) in [5, 5.41) is 0. The van der Waals surface area contributed by atoms with E-state index in [1.54, 1.807) is 0 Å². The van der Waals surface area contributed by atoms with Gasteiger partial charge in [0, 0.05) is 5.75 Å². The highest BCUT2D eigenvalue weighted by atomic mass is 32.2.